The van der Waals surface area contributed by atoms with Crippen molar-refractivity contribution in [2.24, 2.45) is 11.8 Å². The first-order valence-electron chi connectivity index (χ1n) is 7.58. The predicted octanol–water partition coefficient (Wildman–Crippen LogP) is 1.33. The van der Waals surface area contributed by atoms with Gasteiger partial charge in [0.1, 0.15) is 6.61 Å². The topological polar surface area (TPSA) is 58.6 Å². The summed E-state index contributed by atoms with van der Waals surface area (Å²) in [6, 6.07) is 0. The van der Waals surface area contributed by atoms with Gasteiger partial charge in [-0.1, -0.05) is 0 Å². The first-order valence-corrected chi connectivity index (χ1v) is 7.58. The molecule has 5 nitrogen and oxygen atoms in total. The van der Waals surface area contributed by atoms with Gasteiger partial charge in [0, 0.05) is 31.5 Å². The first-order chi connectivity index (χ1) is 10.4. The number of rotatable bonds is 6. The maximum absolute atomic E-state index is 11.9. The molecule has 0 aromatic heterocycles. The van der Waals surface area contributed by atoms with Crippen LogP contribution >= 0.6 is 0 Å². The molecule has 0 atom stereocenters. The van der Waals surface area contributed by atoms with E-state index in [9.17, 15) is 22.8 Å². The molecule has 1 N–H and O–H groups in total. The molecule has 0 bridgehead atoms. The maximum atomic E-state index is 11.9. The highest BCUT2D eigenvalue weighted by Crippen LogP contribution is 2.32. The molecule has 2 fully saturated rings. The largest absolute Gasteiger partial charge is 0.411 e. The third-order valence-electron chi connectivity index (χ3n) is 3.92. The molecule has 1 saturated carbocycles. The van der Waals surface area contributed by atoms with Gasteiger partial charge in [0.2, 0.25) is 11.8 Å². The molecule has 22 heavy (non-hydrogen) atoms. The zero-order valence-electron chi connectivity index (χ0n) is 12.3. The highest BCUT2D eigenvalue weighted by molar-refractivity contribution is 5.82. The average molecular weight is 322 g/mol. The Bertz CT molecular complexity index is 403. The quantitative estimate of drug-likeness (QED) is 0.751. The number of likely N-dealkylation sites (tertiary alicyclic amines) is 1. The van der Waals surface area contributed by atoms with Gasteiger partial charge < -0.3 is 15.0 Å². The molecule has 0 spiro atoms. The number of ether oxygens (including phenoxy) is 1. The molecule has 8 heteroatoms. The first kappa shape index (κ1) is 17.1. The van der Waals surface area contributed by atoms with Crippen LogP contribution in [0.25, 0.3) is 0 Å². The van der Waals surface area contributed by atoms with Crippen molar-refractivity contribution in [3.05, 3.63) is 0 Å². The van der Waals surface area contributed by atoms with Gasteiger partial charge in [-0.15, -0.1) is 0 Å². The van der Waals surface area contributed by atoms with Crippen LogP contribution in [0.15, 0.2) is 0 Å². The lowest BCUT2D eigenvalue weighted by Gasteiger charge is -2.31. The van der Waals surface area contributed by atoms with Gasteiger partial charge in [-0.25, -0.2) is 0 Å². The van der Waals surface area contributed by atoms with Crippen LogP contribution < -0.4 is 5.32 Å². The highest BCUT2D eigenvalue weighted by Gasteiger charge is 2.35. The molecule has 2 amide bonds. The smallest absolute Gasteiger partial charge is 0.370 e. The molecule has 1 aliphatic carbocycles. The zero-order chi connectivity index (χ0) is 16.2. The van der Waals surface area contributed by atoms with Crippen LogP contribution in [0.5, 0.6) is 0 Å². The van der Waals surface area contributed by atoms with E-state index in [2.05, 4.69) is 10.1 Å². The predicted molar refractivity (Wildman–Crippen MR) is 71.9 cm³/mol. The lowest BCUT2D eigenvalue weighted by atomic mass is 9.95. The van der Waals surface area contributed by atoms with E-state index in [0.717, 1.165) is 12.8 Å². The minimum atomic E-state index is -4.34. The molecule has 1 heterocycles. The molecule has 0 radical (unpaired) electrons. The SMILES string of the molecule is O=C(NCCOCC(F)(F)F)C1CCN(C(=O)C2CC2)CC1. The molecule has 1 aliphatic heterocycles. The monoisotopic (exact) mass is 322 g/mol. The van der Waals surface area contributed by atoms with E-state index in [0.29, 0.717) is 25.9 Å². The van der Waals surface area contributed by atoms with Gasteiger partial charge in [0.05, 0.1) is 6.61 Å². The summed E-state index contributed by atoms with van der Waals surface area (Å²) in [6.45, 7) is -0.235. The molecule has 1 saturated heterocycles. The Balaban J connectivity index is 1.58. The summed E-state index contributed by atoms with van der Waals surface area (Å²) in [5.41, 5.74) is 0. The van der Waals surface area contributed by atoms with Crippen LogP contribution in [0.1, 0.15) is 25.7 Å². The van der Waals surface area contributed by atoms with Crippen molar-refractivity contribution in [1.29, 1.82) is 0 Å². The lowest BCUT2D eigenvalue weighted by molar-refractivity contribution is -0.173. The summed E-state index contributed by atoms with van der Waals surface area (Å²) in [4.78, 5) is 25.6. The molecular weight excluding hydrogens is 301 g/mol. The number of piperidine rings is 1. The Labute approximate surface area is 127 Å². The zero-order valence-corrected chi connectivity index (χ0v) is 12.3. The summed E-state index contributed by atoms with van der Waals surface area (Å²) >= 11 is 0. The second-order valence-electron chi connectivity index (χ2n) is 5.83. The Morgan fingerprint density at radius 3 is 2.27 bits per heavy atom. The second-order valence-corrected chi connectivity index (χ2v) is 5.83. The van der Waals surface area contributed by atoms with E-state index in [4.69, 9.17) is 0 Å². The summed E-state index contributed by atoms with van der Waals surface area (Å²) in [5, 5.41) is 2.58. The Morgan fingerprint density at radius 2 is 1.73 bits per heavy atom. The van der Waals surface area contributed by atoms with Crippen molar-refractivity contribution >= 4 is 11.8 Å². The van der Waals surface area contributed by atoms with E-state index >= 15 is 0 Å². The Morgan fingerprint density at radius 1 is 1.09 bits per heavy atom. The van der Waals surface area contributed by atoms with Gasteiger partial charge >= 0.3 is 6.18 Å². The number of halogens is 3. The van der Waals surface area contributed by atoms with Gasteiger partial charge in [0.15, 0.2) is 0 Å². The van der Waals surface area contributed by atoms with Crippen molar-refractivity contribution < 1.29 is 27.5 Å². The fraction of sp³-hybridized carbons (Fsp3) is 0.857. The third kappa shape index (κ3) is 5.47. The minimum Gasteiger partial charge on any atom is -0.370 e. The van der Waals surface area contributed by atoms with E-state index in [1.165, 1.54) is 0 Å². The molecule has 0 aromatic carbocycles. The number of nitrogens with zero attached hydrogens (tertiary/aromatic N) is 1. The number of carbonyl (C=O) groups excluding carboxylic acids is 2. The fourth-order valence-corrected chi connectivity index (χ4v) is 2.53. The van der Waals surface area contributed by atoms with Crippen molar-refractivity contribution in [2.45, 2.75) is 31.9 Å². The van der Waals surface area contributed by atoms with Crippen LogP contribution in [0.4, 0.5) is 13.2 Å². The molecule has 0 aromatic rings. The lowest BCUT2D eigenvalue weighted by Crippen LogP contribution is -2.44. The second kappa shape index (κ2) is 7.30. The van der Waals surface area contributed by atoms with E-state index in [1.54, 1.807) is 0 Å². The van der Waals surface area contributed by atoms with Gasteiger partial charge in [-0.3, -0.25) is 9.59 Å². The number of carbonyl (C=O) groups is 2. The van der Waals surface area contributed by atoms with Crippen molar-refractivity contribution in [1.82, 2.24) is 10.2 Å². The standard InChI is InChI=1S/C14H21F3N2O3/c15-14(16,17)9-22-8-5-18-12(20)10-3-6-19(7-4-10)13(21)11-1-2-11/h10-11H,1-9H2,(H,18,20). The minimum absolute atomic E-state index is 0.0656. The fourth-order valence-electron chi connectivity index (χ4n) is 2.53. The molecule has 2 aliphatic rings. The number of nitrogens with one attached hydrogen (secondary N) is 1. The number of hydrogen-bond donors (Lipinski definition) is 1. The summed E-state index contributed by atoms with van der Waals surface area (Å²) in [5.74, 6) is 0.0376. The molecular formula is C14H21F3N2O3. The highest BCUT2D eigenvalue weighted by atomic mass is 19.4. The van der Waals surface area contributed by atoms with Gasteiger partial charge in [-0.2, -0.15) is 13.2 Å². The van der Waals surface area contributed by atoms with Crippen molar-refractivity contribution in [3.8, 4) is 0 Å². The van der Waals surface area contributed by atoms with Crippen LogP contribution in [0.2, 0.25) is 0 Å². The summed E-state index contributed by atoms with van der Waals surface area (Å²) in [6.07, 6.45) is -1.19. The maximum Gasteiger partial charge on any atom is 0.411 e. The van der Waals surface area contributed by atoms with Crippen LogP contribution in [-0.2, 0) is 14.3 Å². The summed E-state index contributed by atoms with van der Waals surface area (Å²) in [7, 11) is 0. The normalized spacial score (nSPS) is 20.0. The van der Waals surface area contributed by atoms with Gasteiger partial charge in [-0.05, 0) is 25.7 Å². The van der Waals surface area contributed by atoms with E-state index in [1.807, 2.05) is 4.90 Å². The Hall–Kier alpha value is -1.31. The third-order valence-corrected chi connectivity index (χ3v) is 3.92. The van der Waals surface area contributed by atoms with Crippen LogP contribution in [0, 0.1) is 11.8 Å². The van der Waals surface area contributed by atoms with Crippen molar-refractivity contribution in [3.63, 3.8) is 0 Å². The van der Waals surface area contributed by atoms with Crippen LogP contribution in [-0.4, -0.2) is 55.7 Å². The summed E-state index contributed by atoms with van der Waals surface area (Å²) < 4.78 is 40.0. The van der Waals surface area contributed by atoms with Gasteiger partial charge in [0.25, 0.3) is 0 Å². The van der Waals surface area contributed by atoms with E-state index < -0.39 is 12.8 Å². The molecule has 2 rings (SSSR count). The van der Waals surface area contributed by atoms with Crippen LogP contribution in [0.3, 0.4) is 0 Å². The molecule has 0 unspecified atom stereocenters. The van der Waals surface area contributed by atoms with E-state index in [-0.39, 0.29) is 36.8 Å². The Kier molecular flexibility index (Phi) is 5.66. The van der Waals surface area contributed by atoms with Crippen molar-refractivity contribution in [2.75, 3.05) is 32.8 Å². The average Bonchev–Trinajstić information content (AvgIpc) is 3.29. The number of hydrogen-bond acceptors (Lipinski definition) is 3. The number of alkyl halides is 3. The molecule has 126 valence electrons. The number of amides is 2.